The van der Waals surface area contributed by atoms with Crippen LogP contribution in [0.2, 0.25) is 0 Å². The van der Waals surface area contributed by atoms with Crippen LogP contribution >= 0.6 is 11.5 Å². The number of hydrazone groups is 1. The number of phenols is 1. The summed E-state index contributed by atoms with van der Waals surface area (Å²) in [5, 5.41) is 19.5. The molecular weight excluding hydrogens is 300 g/mol. The number of fused-ring (bicyclic) bond motifs is 1. The standard InChI is InChI=1S/C15H12N4O2S/c1-9-14(22-19-17-9)15(21)18-16-8-12-11-5-3-2-4-10(11)6-7-13(12)20/h2-8,20H,1H3,(H,18,21)/b16-8+. The molecular formula is C15H12N4O2S. The summed E-state index contributed by atoms with van der Waals surface area (Å²) in [6, 6.07) is 11.0. The SMILES string of the molecule is Cc1nnsc1C(=O)N/N=C/c1c(O)ccc2ccccc12. The van der Waals surface area contributed by atoms with Crippen LogP contribution in [0.25, 0.3) is 10.8 Å². The highest BCUT2D eigenvalue weighted by Crippen LogP contribution is 2.25. The first-order valence-electron chi connectivity index (χ1n) is 6.50. The van der Waals surface area contributed by atoms with E-state index in [0.29, 0.717) is 16.1 Å². The molecule has 3 aromatic rings. The molecule has 0 atom stereocenters. The van der Waals surface area contributed by atoms with Gasteiger partial charge in [0.05, 0.1) is 11.9 Å². The summed E-state index contributed by atoms with van der Waals surface area (Å²) in [5.74, 6) is -0.268. The van der Waals surface area contributed by atoms with Gasteiger partial charge in [-0.15, -0.1) is 5.10 Å². The molecule has 3 rings (SSSR count). The molecule has 2 N–H and O–H groups in total. The van der Waals surface area contributed by atoms with Crippen LogP contribution < -0.4 is 5.43 Å². The predicted molar refractivity (Wildman–Crippen MR) is 85.3 cm³/mol. The van der Waals surface area contributed by atoms with Crippen molar-refractivity contribution < 1.29 is 9.90 Å². The Morgan fingerprint density at radius 2 is 2.14 bits per heavy atom. The second kappa shape index (κ2) is 5.90. The second-order valence-corrected chi connectivity index (χ2v) is 5.36. The number of benzene rings is 2. The molecule has 0 aliphatic heterocycles. The molecule has 22 heavy (non-hydrogen) atoms. The van der Waals surface area contributed by atoms with Crippen LogP contribution in [-0.2, 0) is 0 Å². The van der Waals surface area contributed by atoms with Crippen molar-refractivity contribution in [1.29, 1.82) is 0 Å². The first kappa shape index (κ1) is 14.2. The minimum atomic E-state index is -0.372. The third-order valence-corrected chi connectivity index (χ3v) is 3.99. The van der Waals surface area contributed by atoms with E-state index in [2.05, 4.69) is 20.1 Å². The van der Waals surface area contributed by atoms with Gasteiger partial charge in [-0.2, -0.15) is 5.10 Å². The zero-order valence-corrected chi connectivity index (χ0v) is 12.5. The average Bonchev–Trinajstić information content (AvgIpc) is 2.95. The van der Waals surface area contributed by atoms with Gasteiger partial charge in [0.15, 0.2) is 0 Å². The Morgan fingerprint density at radius 1 is 1.32 bits per heavy atom. The molecule has 0 saturated heterocycles. The van der Waals surface area contributed by atoms with Crippen LogP contribution in [0.5, 0.6) is 5.75 Å². The minimum absolute atomic E-state index is 0.104. The zero-order valence-electron chi connectivity index (χ0n) is 11.6. The number of aromatic hydroxyl groups is 1. The fourth-order valence-electron chi connectivity index (χ4n) is 2.07. The second-order valence-electron chi connectivity index (χ2n) is 4.61. The average molecular weight is 312 g/mol. The van der Waals surface area contributed by atoms with Crippen molar-refractivity contribution >= 4 is 34.4 Å². The number of hydrogen-bond acceptors (Lipinski definition) is 6. The van der Waals surface area contributed by atoms with E-state index in [9.17, 15) is 9.90 Å². The summed E-state index contributed by atoms with van der Waals surface area (Å²) in [6.07, 6.45) is 1.43. The van der Waals surface area contributed by atoms with E-state index in [-0.39, 0.29) is 11.7 Å². The highest BCUT2D eigenvalue weighted by Gasteiger charge is 2.12. The molecule has 6 nitrogen and oxygen atoms in total. The Morgan fingerprint density at radius 3 is 2.91 bits per heavy atom. The lowest BCUT2D eigenvalue weighted by atomic mass is 10.0. The highest BCUT2D eigenvalue weighted by molar-refractivity contribution is 7.07. The van der Waals surface area contributed by atoms with E-state index >= 15 is 0 Å². The van der Waals surface area contributed by atoms with Crippen molar-refractivity contribution in [2.24, 2.45) is 5.10 Å². The summed E-state index contributed by atoms with van der Waals surface area (Å²) in [4.78, 5) is 12.3. The Bertz CT molecular complexity index is 873. The molecule has 1 aromatic heterocycles. The van der Waals surface area contributed by atoms with E-state index in [0.717, 1.165) is 22.3 Å². The third kappa shape index (κ3) is 2.66. The number of aromatic nitrogens is 2. The number of amides is 1. The number of aryl methyl sites for hydroxylation is 1. The lowest BCUT2D eigenvalue weighted by molar-refractivity contribution is 0.0958. The van der Waals surface area contributed by atoms with Crippen LogP contribution in [0, 0.1) is 6.92 Å². The van der Waals surface area contributed by atoms with Crippen molar-refractivity contribution in [2.75, 3.05) is 0 Å². The first-order valence-corrected chi connectivity index (χ1v) is 7.27. The lowest BCUT2D eigenvalue weighted by Crippen LogP contribution is -2.17. The van der Waals surface area contributed by atoms with Crippen LogP contribution in [0.3, 0.4) is 0 Å². The van der Waals surface area contributed by atoms with Gasteiger partial charge in [-0.1, -0.05) is 34.8 Å². The number of carbonyl (C=O) groups excluding carboxylic acids is 1. The molecule has 0 aliphatic rings. The normalized spacial score (nSPS) is 11.1. The molecule has 7 heteroatoms. The molecule has 110 valence electrons. The molecule has 1 heterocycles. The van der Waals surface area contributed by atoms with Gasteiger partial charge in [-0.25, -0.2) is 5.43 Å². The maximum absolute atomic E-state index is 11.9. The van der Waals surface area contributed by atoms with Crippen LogP contribution in [0.15, 0.2) is 41.5 Å². The van der Waals surface area contributed by atoms with Gasteiger partial charge in [-0.05, 0) is 35.3 Å². The Labute approximate surface area is 130 Å². The summed E-state index contributed by atoms with van der Waals surface area (Å²) in [7, 11) is 0. The monoisotopic (exact) mass is 312 g/mol. The van der Waals surface area contributed by atoms with Gasteiger partial charge >= 0.3 is 0 Å². The Balaban J connectivity index is 1.86. The van der Waals surface area contributed by atoms with Gasteiger partial charge in [0.25, 0.3) is 5.91 Å². The van der Waals surface area contributed by atoms with E-state index < -0.39 is 0 Å². The van der Waals surface area contributed by atoms with Gasteiger partial charge in [0.2, 0.25) is 0 Å². The van der Waals surface area contributed by atoms with Gasteiger partial charge in [0, 0.05) is 5.56 Å². The van der Waals surface area contributed by atoms with E-state index in [1.54, 1.807) is 13.0 Å². The Hall–Kier alpha value is -2.80. The van der Waals surface area contributed by atoms with Crippen molar-refractivity contribution in [2.45, 2.75) is 6.92 Å². The van der Waals surface area contributed by atoms with E-state index in [1.807, 2.05) is 30.3 Å². The van der Waals surface area contributed by atoms with Crippen molar-refractivity contribution in [1.82, 2.24) is 15.0 Å². The molecule has 1 amide bonds. The zero-order chi connectivity index (χ0) is 15.5. The quantitative estimate of drug-likeness (QED) is 0.574. The largest absolute Gasteiger partial charge is 0.507 e. The number of rotatable bonds is 3. The van der Waals surface area contributed by atoms with Crippen molar-refractivity contribution in [3.63, 3.8) is 0 Å². The van der Waals surface area contributed by atoms with Gasteiger partial charge < -0.3 is 5.11 Å². The minimum Gasteiger partial charge on any atom is -0.507 e. The topological polar surface area (TPSA) is 87.5 Å². The molecule has 0 spiro atoms. The van der Waals surface area contributed by atoms with E-state index in [1.165, 1.54) is 6.21 Å². The Kier molecular flexibility index (Phi) is 3.80. The smallest absolute Gasteiger partial charge is 0.285 e. The van der Waals surface area contributed by atoms with E-state index in [4.69, 9.17) is 0 Å². The number of carbonyl (C=O) groups is 1. The first-order chi connectivity index (χ1) is 10.7. The van der Waals surface area contributed by atoms with Crippen LogP contribution in [0.4, 0.5) is 0 Å². The summed E-state index contributed by atoms with van der Waals surface area (Å²) >= 11 is 1.01. The lowest BCUT2D eigenvalue weighted by Gasteiger charge is -2.04. The number of hydrogen-bond donors (Lipinski definition) is 2. The molecule has 0 bridgehead atoms. The van der Waals surface area contributed by atoms with Gasteiger partial charge in [0.1, 0.15) is 10.6 Å². The number of phenolic OH excluding ortho intramolecular Hbond substituents is 1. The predicted octanol–water partition coefficient (Wildman–Crippen LogP) is 2.47. The third-order valence-electron chi connectivity index (χ3n) is 3.17. The highest BCUT2D eigenvalue weighted by atomic mass is 32.1. The van der Waals surface area contributed by atoms with Crippen LogP contribution in [0.1, 0.15) is 20.9 Å². The molecule has 0 aliphatic carbocycles. The molecule has 0 unspecified atom stereocenters. The van der Waals surface area contributed by atoms with Gasteiger partial charge in [-0.3, -0.25) is 4.79 Å². The number of nitrogens with one attached hydrogen (secondary N) is 1. The maximum Gasteiger partial charge on any atom is 0.285 e. The fraction of sp³-hybridized carbons (Fsp3) is 0.0667. The van der Waals surface area contributed by atoms with Crippen LogP contribution in [-0.4, -0.2) is 26.8 Å². The summed E-state index contributed by atoms with van der Waals surface area (Å²) < 4.78 is 3.70. The fourth-order valence-corrected chi connectivity index (χ4v) is 2.61. The van der Waals surface area contributed by atoms with Crippen molar-refractivity contribution in [3.05, 3.63) is 52.5 Å². The molecule has 0 saturated carbocycles. The maximum atomic E-state index is 11.9. The number of nitrogens with zero attached hydrogens (tertiary/aromatic N) is 3. The summed E-state index contributed by atoms with van der Waals surface area (Å²) in [5.41, 5.74) is 3.53. The molecule has 0 fully saturated rings. The molecule has 2 aromatic carbocycles. The molecule has 0 radical (unpaired) electrons. The summed E-state index contributed by atoms with van der Waals surface area (Å²) in [6.45, 7) is 1.71. The van der Waals surface area contributed by atoms with Crippen molar-refractivity contribution in [3.8, 4) is 5.75 Å².